The van der Waals surface area contributed by atoms with Crippen LogP contribution in [0.4, 0.5) is 14.5 Å². The van der Waals surface area contributed by atoms with E-state index in [2.05, 4.69) is 20.6 Å². The van der Waals surface area contributed by atoms with Crippen molar-refractivity contribution in [2.75, 3.05) is 31.6 Å². The second kappa shape index (κ2) is 9.34. The molecule has 2 N–H and O–H groups in total. The molecule has 1 aromatic carbocycles. The van der Waals surface area contributed by atoms with Gasteiger partial charge in [-0.05, 0) is 31.0 Å². The molecule has 0 radical (unpaired) electrons. The zero-order valence-electron chi connectivity index (χ0n) is 16.1. The molecule has 0 spiro atoms. The average Bonchev–Trinajstić information content (AvgIpc) is 3.14. The van der Waals surface area contributed by atoms with Gasteiger partial charge >= 0.3 is 0 Å². The summed E-state index contributed by atoms with van der Waals surface area (Å²) in [7, 11) is 1.57. The van der Waals surface area contributed by atoms with Gasteiger partial charge in [-0.3, -0.25) is 0 Å². The highest BCUT2D eigenvalue weighted by atomic mass is 19.1. The highest BCUT2D eigenvalue weighted by molar-refractivity contribution is 5.80. The van der Waals surface area contributed by atoms with E-state index in [0.29, 0.717) is 38.0 Å². The van der Waals surface area contributed by atoms with Gasteiger partial charge < -0.3 is 20.3 Å². The first kappa shape index (κ1) is 19.9. The molecule has 1 saturated heterocycles. The lowest BCUT2D eigenvalue weighted by atomic mass is 10.2. The normalized spacial score (nSPS) is 16.9. The third-order valence-electron chi connectivity index (χ3n) is 4.55. The van der Waals surface area contributed by atoms with E-state index in [1.165, 1.54) is 18.2 Å². The first-order chi connectivity index (χ1) is 13.6. The van der Waals surface area contributed by atoms with Crippen molar-refractivity contribution in [3.8, 4) is 5.88 Å². The molecule has 1 aromatic heterocycles. The van der Waals surface area contributed by atoms with Crippen molar-refractivity contribution in [1.29, 1.82) is 0 Å². The zero-order chi connectivity index (χ0) is 19.9. The highest BCUT2D eigenvalue weighted by Gasteiger charge is 2.27. The number of halogens is 2. The predicted octanol–water partition coefficient (Wildman–Crippen LogP) is 2.70. The number of aliphatic imine (C=N–C) groups is 1. The van der Waals surface area contributed by atoms with Gasteiger partial charge in [0, 0.05) is 37.9 Å². The molecule has 1 atom stereocenters. The van der Waals surface area contributed by atoms with Gasteiger partial charge in [-0.1, -0.05) is 12.1 Å². The lowest BCUT2D eigenvalue weighted by Gasteiger charge is -2.21. The van der Waals surface area contributed by atoms with Gasteiger partial charge in [-0.15, -0.1) is 0 Å². The molecule has 1 aliphatic heterocycles. The Morgan fingerprint density at radius 1 is 1.29 bits per heavy atom. The SMILES string of the molecule is CCNC(=NCc1ccc(OC)nc1)NC1CCN(c2c(F)cccc2F)C1. The minimum absolute atomic E-state index is 0.0399. The second-order valence-electron chi connectivity index (χ2n) is 6.55. The smallest absolute Gasteiger partial charge is 0.212 e. The van der Waals surface area contributed by atoms with Crippen molar-refractivity contribution >= 4 is 11.6 Å². The molecule has 1 unspecified atom stereocenters. The number of pyridine rings is 1. The van der Waals surface area contributed by atoms with Gasteiger partial charge in [0.15, 0.2) is 5.96 Å². The maximum Gasteiger partial charge on any atom is 0.212 e. The van der Waals surface area contributed by atoms with E-state index in [4.69, 9.17) is 4.74 Å². The minimum Gasteiger partial charge on any atom is -0.481 e. The molecule has 0 amide bonds. The number of aromatic nitrogens is 1. The van der Waals surface area contributed by atoms with E-state index >= 15 is 0 Å². The lowest BCUT2D eigenvalue weighted by molar-refractivity contribution is 0.397. The van der Waals surface area contributed by atoms with Crippen molar-refractivity contribution < 1.29 is 13.5 Å². The minimum atomic E-state index is -0.534. The molecule has 0 saturated carbocycles. The number of benzene rings is 1. The number of guanidine groups is 1. The molecule has 0 aliphatic carbocycles. The summed E-state index contributed by atoms with van der Waals surface area (Å²) in [5, 5.41) is 6.56. The highest BCUT2D eigenvalue weighted by Crippen LogP contribution is 2.26. The van der Waals surface area contributed by atoms with E-state index in [9.17, 15) is 8.78 Å². The Morgan fingerprint density at radius 2 is 2.07 bits per heavy atom. The Morgan fingerprint density at radius 3 is 2.71 bits per heavy atom. The molecule has 150 valence electrons. The maximum atomic E-state index is 14.0. The van der Waals surface area contributed by atoms with Crippen LogP contribution in [-0.4, -0.2) is 43.7 Å². The fraction of sp³-hybridized carbons (Fsp3) is 0.400. The van der Waals surface area contributed by atoms with Crippen LogP contribution in [0.2, 0.25) is 0 Å². The van der Waals surface area contributed by atoms with Crippen LogP contribution in [0.3, 0.4) is 0 Å². The van der Waals surface area contributed by atoms with Gasteiger partial charge in [0.25, 0.3) is 0 Å². The Balaban J connectivity index is 1.62. The number of para-hydroxylation sites is 1. The number of nitrogens with one attached hydrogen (secondary N) is 2. The zero-order valence-corrected chi connectivity index (χ0v) is 16.1. The number of methoxy groups -OCH3 is 1. The summed E-state index contributed by atoms with van der Waals surface area (Å²) in [4.78, 5) is 10.5. The van der Waals surface area contributed by atoms with E-state index in [1.54, 1.807) is 24.3 Å². The summed E-state index contributed by atoms with van der Waals surface area (Å²) >= 11 is 0. The number of anilines is 1. The van der Waals surface area contributed by atoms with Crippen LogP contribution in [0.5, 0.6) is 5.88 Å². The molecular weight excluding hydrogens is 364 g/mol. The molecule has 6 nitrogen and oxygen atoms in total. The number of ether oxygens (including phenoxy) is 1. The van der Waals surface area contributed by atoms with Crippen molar-refractivity contribution in [1.82, 2.24) is 15.6 Å². The number of hydrogen-bond donors (Lipinski definition) is 2. The summed E-state index contributed by atoms with van der Waals surface area (Å²) in [5.41, 5.74) is 0.998. The summed E-state index contributed by atoms with van der Waals surface area (Å²) < 4.78 is 33.1. The van der Waals surface area contributed by atoms with Crippen LogP contribution in [0, 0.1) is 11.6 Å². The summed E-state index contributed by atoms with van der Waals surface area (Å²) in [5.74, 6) is 0.157. The van der Waals surface area contributed by atoms with Crippen LogP contribution in [0.15, 0.2) is 41.5 Å². The van der Waals surface area contributed by atoms with Gasteiger partial charge in [-0.2, -0.15) is 0 Å². The Kier molecular flexibility index (Phi) is 6.62. The number of nitrogens with zero attached hydrogens (tertiary/aromatic N) is 3. The molecule has 1 fully saturated rings. The summed E-state index contributed by atoms with van der Waals surface area (Å²) in [6.45, 7) is 4.25. The van der Waals surface area contributed by atoms with Crippen molar-refractivity contribution in [3.63, 3.8) is 0 Å². The number of hydrogen-bond acceptors (Lipinski definition) is 4. The Labute approximate surface area is 163 Å². The Hall–Kier alpha value is -2.90. The molecular formula is C20H25F2N5O. The van der Waals surface area contributed by atoms with E-state index in [0.717, 1.165) is 12.0 Å². The van der Waals surface area contributed by atoms with Crippen LogP contribution in [0.25, 0.3) is 0 Å². The monoisotopic (exact) mass is 389 g/mol. The van der Waals surface area contributed by atoms with Crippen LogP contribution in [-0.2, 0) is 6.54 Å². The summed E-state index contributed by atoms with van der Waals surface area (Å²) in [6, 6.07) is 7.71. The average molecular weight is 389 g/mol. The van der Waals surface area contributed by atoms with E-state index in [-0.39, 0.29) is 11.7 Å². The number of rotatable bonds is 6. The van der Waals surface area contributed by atoms with Gasteiger partial charge in [0.1, 0.15) is 17.3 Å². The molecule has 2 heterocycles. The van der Waals surface area contributed by atoms with Crippen molar-refractivity contribution in [2.24, 2.45) is 4.99 Å². The predicted molar refractivity (Wildman–Crippen MR) is 106 cm³/mol. The van der Waals surface area contributed by atoms with Crippen LogP contribution in [0.1, 0.15) is 18.9 Å². The first-order valence-corrected chi connectivity index (χ1v) is 9.33. The molecule has 3 rings (SSSR count). The van der Waals surface area contributed by atoms with Gasteiger partial charge in [0.2, 0.25) is 5.88 Å². The summed E-state index contributed by atoms with van der Waals surface area (Å²) in [6.07, 6.45) is 2.49. The van der Waals surface area contributed by atoms with Gasteiger partial charge in [-0.25, -0.2) is 18.8 Å². The molecule has 28 heavy (non-hydrogen) atoms. The van der Waals surface area contributed by atoms with E-state index < -0.39 is 11.6 Å². The lowest BCUT2D eigenvalue weighted by Crippen LogP contribution is -2.44. The molecule has 8 heteroatoms. The maximum absolute atomic E-state index is 14.0. The van der Waals surface area contributed by atoms with Crippen LogP contribution >= 0.6 is 0 Å². The third kappa shape index (κ3) is 4.88. The fourth-order valence-electron chi connectivity index (χ4n) is 3.18. The van der Waals surface area contributed by atoms with Gasteiger partial charge in [0.05, 0.1) is 13.7 Å². The molecule has 1 aliphatic rings. The fourth-order valence-corrected chi connectivity index (χ4v) is 3.18. The molecule has 0 bridgehead atoms. The Bertz CT molecular complexity index is 792. The molecule has 2 aromatic rings. The van der Waals surface area contributed by atoms with E-state index in [1.807, 2.05) is 13.0 Å². The standard InChI is InChI=1S/C20H25F2N5O/c1-3-23-20(25-12-14-7-8-18(28-2)24-11-14)26-15-9-10-27(13-15)19-16(21)5-4-6-17(19)22/h4-8,11,15H,3,9-10,12-13H2,1-2H3,(H2,23,25,26). The quantitative estimate of drug-likeness (QED) is 0.588. The second-order valence-corrected chi connectivity index (χ2v) is 6.55. The topological polar surface area (TPSA) is 61.8 Å². The van der Waals surface area contributed by atoms with Crippen LogP contribution < -0.4 is 20.3 Å². The largest absolute Gasteiger partial charge is 0.481 e. The first-order valence-electron chi connectivity index (χ1n) is 9.33. The third-order valence-corrected chi connectivity index (χ3v) is 4.55. The van der Waals surface area contributed by atoms with Crippen molar-refractivity contribution in [2.45, 2.75) is 25.9 Å². The van der Waals surface area contributed by atoms with Crippen molar-refractivity contribution in [3.05, 3.63) is 53.7 Å².